The minimum Gasteiger partial charge on any atom is -0.456 e. The number of nitrogens with zero attached hydrogens (tertiary/aromatic N) is 2. The topological polar surface area (TPSA) is 21.3 Å². The summed E-state index contributed by atoms with van der Waals surface area (Å²) < 4.78 is 11.9. The van der Waals surface area contributed by atoms with Gasteiger partial charge >= 0.3 is 6.85 Å². The molecule has 0 N–H and O–H groups in total. The number of rotatable bonds is 1. The van der Waals surface area contributed by atoms with Crippen molar-refractivity contribution in [1.29, 1.82) is 0 Å². The first-order chi connectivity index (χ1) is 26.5. The maximum absolute atomic E-state index is 6.64. The normalized spacial score (nSPS) is 13.9. The maximum Gasteiger partial charge on any atom is 0.333 e. The lowest BCUT2D eigenvalue weighted by molar-refractivity contribution is 0.590. The largest absolute Gasteiger partial charge is 0.456 e. The molecule has 12 rings (SSSR count). The van der Waals surface area contributed by atoms with Crippen LogP contribution in [0.3, 0.4) is 0 Å². The molecule has 5 heteroatoms. The summed E-state index contributed by atoms with van der Waals surface area (Å²) >= 11 is 1.89. The van der Waals surface area contributed by atoms with E-state index in [0.29, 0.717) is 0 Å². The molecule has 7 aromatic carbocycles. The zero-order valence-electron chi connectivity index (χ0n) is 31.9. The summed E-state index contributed by atoms with van der Waals surface area (Å²) in [6.45, 7) is 13.8. The molecule has 2 aliphatic heterocycles. The number of benzene rings is 7. The lowest BCUT2D eigenvalue weighted by atomic mass is 9.44. The van der Waals surface area contributed by atoms with E-state index in [1.54, 1.807) is 0 Å². The maximum atomic E-state index is 6.64. The Kier molecular flexibility index (Phi) is 6.02. The molecule has 5 heterocycles. The third kappa shape index (κ3) is 4.22. The van der Waals surface area contributed by atoms with E-state index in [-0.39, 0.29) is 17.7 Å². The van der Waals surface area contributed by atoms with Gasteiger partial charge in [-0.3, -0.25) is 0 Å². The van der Waals surface area contributed by atoms with Crippen molar-refractivity contribution >= 4 is 104 Å². The molecule has 10 aromatic rings. The Balaban J connectivity index is 1.26. The number of thiophene rings is 1. The van der Waals surface area contributed by atoms with Crippen LogP contribution >= 0.6 is 11.3 Å². The van der Waals surface area contributed by atoms with Crippen LogP contribution in [0.2, 0.25) is 0 Å². The molecule has 0 amide bonds. The van der Waals surface area contributed by atoms with Crippen LogP contribution in [-0.4, -0.2) is 11.4 Å². The van der Waals surface area contributed by atoms with Crippen LogP contribution in [0.15, 0.2) is 132 Å². The number of aromatic nitrogens is 1. The van der Waals surface area contributed by atoms with Gasteiger partial charge in [-0.15, -0.1) is 11.3 Å². The molecule has 0 atom stereocenters. The van der Waals surface area contributed by atoms with Crippen LogP contribution in [0.4, 0.5) is 11.4 Å². The molecule has 0 aliphatic carbocycles. The molecule has 0 spiro atoms. The Morgan fingerprint density at radius 1 is 0.527 bits per heavy atom. The van der Waals surface area contributed by atoms with Crippen LogP contribution in [0.1, 0.15) is 52.7 Å². The second kappa shape index (κ2) is 10.5. The highest BCUT2D eigenvalue weighted by molar-refractivity contribution is 7.25. The molecule has 0 unspecified atom stereocenters. The average molecular weight is 727 g/mol. The Hall–Kier alpha value is -5.78. The van der Waals surface area contributed by atoms with Gasteiger partial charge in [-0.25, -0.2) is 0 Å². The molecule has 0 bridgehead atoms. The number of para-hydroxylation sites is 1. The summed E-state index contributed by atoms with van der Waals surface area (Å²) in [6, 6.07) is 48.4. The molecular weight excluding hydrogens is 687 g/mol. The van der Waals surface area contributed by atoms with E-state index in [9.17, 15) is 0 Å². The highest BCUT2D eigenvalue weighted by Gasteiger charge is 2.44. The van der Waals surface area contributed by atoms with Crippen LogP contribution in [-0.2, 0) is 10.8 Å². The van der Waals surface area contributed by atoms with Gasteiger partial charge in [0.15, 0.2) is 0 Å². The third-order valence-electron chi connectivity index (χ3n) is 12.5. The van der Waals surface area contributed by atoms with E-state index >= 15 is 0 Å². The SMILES string of the molecule is CC(C)(C)c1ccc(N2B3c4cc5c(cc4-n4c6cc7sc8ccccc8c7cc6c6ccc(c3c64)-c3cc(C(C)(C)C)ccc32)oc2ccccc25)cc1. The van der Waals surface area contributed by atoms with Crippen molar-refractivity contribution in [1.82, 2.24) is 4.57 Å². The predicted octanol–water partition coefficient (Wildman–Crippen LogP) is 12.9. The van der Waals surface area contributed by atoms with Crippen molar-refractivity contribution < 1.29 is 4.42 Å². The van der Waals surface area contributed by atoms with Crippen molar-refractivity contribution in [3.63, 3.8) is 0 Å². The summed E-state index contributed by atoms with van der Waals surface area (Å²) in [6.07, 6.45) is 0. The zero-order chi connectivity index (χ0) is 37.1. The number of hydrogen-bond donors (Lipinski definition) is 0. The molecule has 0 fully saturated rings. The minimum atomic E-state index is -0.0565. The summed E-state index contributed by atoms with van der Waals surface area (Å²) in [5.41, 5.74) is 16.0. The Morgan fingerprint density at radius 2 is 1.27 bits per heavy atom. The predicted molar refractivity (Wildman–Crippen MR) is 237 cm³/mol. The van der Waals surface area contributed by atoms with Crippen LogP contribution in [0, 0.1) is 0 Å². The molecule has 55 heavy (non-hydrogen) atoms. The number of furan rings is 1. The fourth-order valence-electron chi connectivity index (χ4n) is 9.70. The molecular formula is C50H39BN2OS. The monoisotopic (exact) mass is 726 g/mol. The van der Waals surface area contributed by atoms with Gasteiger partial charge in [0.05, 0.1) is 11.0 Å². The fraction of sp³-hybridized carbons (Fsp3) is 0.160. The van der Waals surface area contributed by atoms with Crippen molar-refractivity contribution in [3.05, 3.63) is 139 Å². The van der Waals surface area contributed by atoms with Gasteiger partial charge in [-0.05, 0) is 87.0 Å². The molecule has 0 saturated heterocycles. The molecule has 2 aliphatic rings. The lowest BCUT2D eigenvalue weighted by Crippen LogP contribution is -2.60. The summed E-state index contributed by atoms with van der Waals surface area (Å²) in [5.74, 6) is 0. The molecule has 3 nitrogen and oxygen atoms in total. The number of anilines is 2. The summed E-state index contributed by atoms with van der Waals surface area (Å²) in [7, 11) is 0. The fourth-order valence-corrected chi connectivity index (χ4v) is 10.8. The molecule has 264 valence electrons. The van der Waals surface area contributed by atoms with Gasteiger partial charge in [0, 0.05) is 70.4 Å². The number of fused-ring (bicyclic) bond motifs is 14. The minimum absolute atomic E-state index is 0.0103. The quantitative estimate of drug-likeness (QED) is 0.157. The van der Waals surface area contributed by atoms with Gasteiger partial charge in [-0.2, -0.15) is 0 Å². The average Bonchev–Trinajstić information content (AvgIpc) is 3.83. The highest BCUT2D eigenvalue weighted by Crippen LogP contribution is 2.48. The smallest absolute Gasteiger partial charge is 0.333 e. The lowest BCUT2D eigenvalue weighted by Gasteiger charge is -2.42. The molecule has 0 saturated carbocycles. The second-order valence-corrected chi connectivity index (χ2v) is 18.9. The standard InChI is InChI=1S/C50H39BN2OS/c1-49(2,3)28-15-18-30(19-16-28)53-40-22-17-29(50(4,5)6)23-35(40)33-20-21-34-36-24-38-32-12-8-10-14-45(32)55-46(38)27-41(36)52-42-26-44-37(31-11-7-9-13-43(31)54-44)25-39(42)51(53)47(33)48(34)52/h7-27H,1-6H3. The Morgan fingerprint density at radius 3 is 2.07 bits per heavy atom. The first kappa shape index (κ1) is 31.6. The molecule has 0 radical (unpaired) electrons. The van der Waals surface area contributed by atoms with Crippen molar-refractivity contribution in [2.75, 3.05) is 4.81 Å². The third-order valence-corrected chi connectivity index (χ3v) is 13.6. The first-order valence-corrected chi connectivity index (χ1v) is 20.3. The van der Waals surface area contributed by atoms with E-state index in [0.717, 1.165) is 21.9 Å². The summed E-state index contributed by atoms with van der Waals surface area (Å²) in [4.78, 5) is 2.64. The van der Waals surface area contributed by atoms with Gasteiger partial charge in [-0.1, -0.05) is 114 Å². The van der Waals surface area contributed by atoms with E-state index in [4.69, 9.17) is 4.42 Å². The second-order valence-electron chi connectivity index (χ2n) is 17.8. The highest BCUT2D eigenvalue weighted by atomic mass is 32.1. The van der Waals surface area contributed by atoms with E-state index in [2.05, 4.69) is 178 Å². The Labute approximate surface area is 324 Å². The van der Waals surface area contributed by atoms with Crippen molar-refractivity contribution in [2.24, 2.45) is 0 Å². The van der Waals surface area contributed by atoms with Crippen molar-refractivity contribution in [2.45, 2.75) is 52.4 Å². The first-order valence-electron chi connectivity index (χ1n) is 19.5. The van der Waals surface area contributed by atoms with Crippen molar-refractivity contribution in [3.8, 4) is 16.8 Å². The molecule has 3 aromatic heterocycles. The van der Waals surface area contributed by atoms with Gasteiger partial charge in [0.1, 0.15) is 11.2 Å². The van der Waals surface area contributed by atoms with Crippen LogP contribution in [0.25, 0.3) is 80.7 Å². The zero-order valence-corrected chi connectivity index (χ0v) is 32.7. The Bertz CT molecular complexity index is 3290. The van der Waals surface area contributed by atoms with Gasteiger partial charge < -0.3 is 13.8 Å². The van der Waals surface area contributed by atoms with Crippen LogP contribution in [0.5, 0.6) is 0 Å². The van der Waals surface area contributed by atoms with E-state index in [1.165, 1.54) is 92.2 Å². The van der Waals surface area contributed by atoms with Gasteiger partial charge in [0.2, 0.25) is 0 Å². The van der Waals surface area contributed by atoms with E-state index in [1.807, 2.05) is 11.3 Å². The van der Waals surface area contributed by atoms with Crippen LogP contribution < -0.4 is 15.7 Å². The number of hydrogen-bond acceptors (Lipinski definition) is 3. The van der Waals surface area contributed by atoms with Gasteiger partial charge in [0.25, 0.3) is 0 Å². The van der Waals surface area contributed by atoms with E-state index < -0.39 is 0 Å². The summed E-state index contributed by atoms with van der Waals surface area (Å²) in [5, 5.41) is 7.56.